The second kappa shape index (κ2) is 7.26. The molecule has 4 nitrogen and oxygen atoms in total. The molecule has 0 spiro atoms. The highest BCUT2D eigenvalue weighted by Crippen LogP contribution is 2.55. The van der Waals surface area contributed by atoms with Crippen LogP contribution in [0.25, 0.3) is 0 Å². The van der Waals surface area contributed by atoms with Gasteiger partial charge in [-0.1, -0.05) is 18.2 Å². The van der Waals surface area contributed by atoms with Gasteiger partial charge in [-0.3, -0.25) is 9.59 Å². The van der Waals surface area contributed by atoms with Crippen LogP contribution in [0.3, 0.4) is 0 Å². The van der Waals surface area contributed by atoms with E-state index in [4.69, 9.17) is 4.74 Å². The molecule has 1 N–H and O–H groups in total. The van der Waals surface area contributed by atoms with Crippen molar-refractivity contribution in [1.29, 1.82) is 0 Å². The van der Waals surface area contributed by atoms with Crippen molar-refractivity contribution in [3.05, 3.63) is 30.3 Å². The first-order valence-electron chi connectivity index (χ1n) is 9.71. The lowest BCUT2D eigenvalue weighted by atomic mass is 9.53. The van der Waals surface area contributed by atoms with Crippen LogP contribution >= 0.6 is 11.8 Å². The molecule has 4 aliphatic carbocycles. The predicted molar refractivity (Wildman–Crippen MR) is 102 cm³/mol. The van der Waals surface area contributed by atoms with Crippen LogP contribution in [-0.4, -0.2) is 29.3 Å². The van der Waals surface area contributed by atoms with Crippen molar-refractivity contribution < 1.29 is 14.3 Å². The SMILES string of the molecule is C[C@@H](Sc1ccccc1)C(=O)OCC(=O)NC12CC3CC(CC(C3)C1)C2. The van der Waals surface area contributed by atoms with E-state index in [0.717, 1.165) is 41.9 Å². The van der Waals surface area contributed by atoms with E-state index in [9.17, 15) is 9.59 Å². The standard InChI is InChI=1S/C21H27NO3S/c1-14(26-18-5-3-2-4-6-18)20(24)25-13-19(23)22-21-10-15-7-16(11-21)9-17(8-15)12-21/h2-6,14-17H,7-13H2,1H3,(H,22,23)/t14-,15?,16?,17?,21?/m1/s1. The molecule has 0 aliphatic heterocycles. The minimum Gasteiger partial charge on any atom is -0.455 e. The molecule has 5 rings (SSSR count). The lowest BCUT2D eigenvalue weighted by molar-refractivity contribution is -0.149. The Labute approximate surface area is 159 Å². The van der Waals surface area contributed by atoms with Crippen LogP contribution in [0.15, 0.2) is 35.2 Å². The van der Waals surface area contributed by atoms with Crippen molar-refractivity contribution in [2.75, 3.05) is 6.61 Å². The topological polar surface area (TPSA) is 55.4 Å². The Morgan fingerprint density at radius 1 is 1.12 bits per heavy atom. The van der Waals surface area contributed by atoms with Crippen molar-refractivity contribution in [1.82, 2.24) is 5.32 Å². The minimum absolute atomic E-state index is 0.0252. The molecular formula is C21H27NO3S. The predicted octanol–water partition coefficient (Wildman–Crippen LogP) is 3.80. The van der Waals surface area contributed by atoms with Crippen LogP contribution in [0, 0.1) is 17.8 Å². The first kappa shape index (κ1) is 17.9. The van der Waals surface area contributed by atoms with Crippen molar-refractivity contribution in [3.63, 3.8) is 0 Å². The van der Waals surface area contributed by atoms with E-state index in [0.29, 0.717) is 0 Å². The number of carbonyl (C=O) groups is 2. The van der Waals surface area contributed by atoms with Gasteiger partial charge in [0.2, 0.25) is 0 Å². The van der Waals surface area contributed by atoms with E-state index in [1.54, 1.807) is 0 Å². The molecule has 4 aliphatic rings. The summed E-state index contributed by atoms with van der Waals surface area (Å²) in [5, 5.41) is 2.92. The summed E-state index contributed by atoms with van der Waals surface area (Å²) in [5.41, 5.74) is -0.0252. The molecule has 1 aromatic rings. The molecule has 1 amide bonds. The molecular weight excluding hydrogens is 346 g/mol. The third-order valence-electron chi connectivity index (χ3n) is 6.18. The Morgan fingerprint density at radius 2 is 1.69 bits per heavy atom. The first-order chi connectivity index (χ1) is 12.5. The van der Waals surface area contributed by atoms with Crippen LogP contribution in [0.5, 0.6) is 0 Å². The highest BCUT2D eigenvalue weighted by Gasteiger charge is 2.51. The third kappa shape index (κ3) is 3.93. The first-order valence-corrected chi connectivity index (χ1v) is 10.6. The van der Waals surface area contributed by atoms with Crippen molar-refractivity contribution in [2.45, 2.75) is 61.1 Å². The molecule has 4 fully saturated rings. The Balaban J connectivity index is 1.26. The molecule has 1 atom stereocenters. The quantitative estimate of drug-likeness (QED) is 0.609. The zero-order valence-corrected chi connectivity index (χ0v) is 16.1. The highest BCUT2D eigenvalue weighted by molar-refractivity contribution is 8.00. The van der Waals surface area contributed by atoms with Crippen LogP contribution in [-0.2, 0) is 14.3 Å². The van der Waals surface area contributed by atoms with Crippen LogP contribution < -0.4 is 5.32 Å². The number of rotatable bonds is 6. The van der Waals surface area contributed by atoms with Crippen molar-refractivity contribution in [3.8, 4) is 0 Å². The maximum atomic E-state index is 12.4. The third-order valence-corrected chi connectivity index (χ3v) is 7.27. The maximum absolute atomic E-state index is 12.4. The number of esters is 1. The number of hydrogen-bond acceptors (Lipinski definition) is 4. The fraction of sp³-hybridized carbons (Fsp3) is 0.619. The lowest BCUT2D eigenvalue weighted by Gasteiger charge is -2.56. The lowest BCUT2D eigenvalue weighted by Crippen LogP contribution is -2.60. The molecule has 0 unspecified atom stereocenters. The normalized spacial score (nSPS) is 32.9. The second-order valence-corrected chi connectivity index (χ2v) is 9.84. The number of hydrogen-bond donors (Lipinski definition) is 1. The van der Waals surface area contributed by atoms with Crippen LogP contribution in [0.4, 0.5) is 0 Å². The van der Waals surface area contributed by atoms with E-state index in [2.05, 4.69) is 5.32 Å². The highest BCUT2D eigenvalue weighted by atomic mass is 32.2. The number of amides is 1. The Hall–Kier alpha value is -1.49. The number of carbonyl (C=O) groups excluding carboxylic acids is 2. The van der Waals surface area contributed by atoms with Gasteiger partial charge in [0.05, 0.1) is 0 Å². The summed E-state index contributed by atoms with van der Waals surface area (Å²) in [6, 6.07) is 9.77. The zero-order valence-electron chi connectivity index (χ0n) is 15.3. The molecule has 4 bridgehead atoms. The molecule has 5 heteroatoms. The van der Waals surface area contributed by atoms with Gasteiger partial charge in [0.1, 0.15) is 5.25 Å². The molecule has 0 saturated heterocycles. The van der Waals surface area contributed by atoms with E-state index >= 15 is 0 Å². The Morgan fingerprint density at radius 3 is 2.27 bits per heavy atom. The fourth-order valence-electron chi connectivity index (χ4n) is 5.60. The van der Waals surface area contributed by atoms with E-state index in [1.165, 1.54) is 31.0 Å². The Kier molecular flexibility index (Phi) is 5.00. The molecule has 0 aromatic heterocycles. The van der Waals surface area contributed by atoms with Gasteiger partial charge < -0.3 is 10.1 Å². The second-order valence-electron chi connectivity index (χ2n) is 8.43. The molecule has 4 saturated carbocycles. The van der Waals surface area contributed by atoms with E-state index < -0.39 is 0 Å². The number of benzene rings is 1. The number of nitrogens with one attached hydrogen (secondary N) is 1. The number of ether oxygens (including phenoxy) is 1. The van der Waals surface area contributed by atoms with Crippen LogP contribution in [0.1, 0.15) is 45.4 Å². The molecule has 140 valence electrons. The monoisotopic (exact) mass is 373 g/mol. The summed E-state index contributed by atoms with van der Waals surface area (Å²) in [4.78, 5) is 25.6. The van der Waals surface area contributed by atoms with Gasteiger partial charge in [-0.25, -0.2) is 0 Å². The van der Waals surface area contributed by atoms with Crippen molar-refractivity contribution >= 4 is 23.6 Å². The summed E-state index contributed by atoms with van der Waals surface area (Å²) in [5.74, 6) is 1.88. The molecule has 1 aromatic carbocycles. The zero-order chi connectivity index (χ0) is 18.1. The summed E-state index contributed by atoms with van der Waals surface area (Å²) < 4.78 is 5.28. The summed E-state index contributed by atoms with van der Waals surface area (Å²) in [6.07, 6.45) is 7.37. The molecule has 26 heavy (non-hydrogen) atoms. The average molecular weight is 374 g/mol. The van der Waals surface area contributed by atoms with Gasteiger partial charge in [-0.2, -0.15) is 0 Å². The average Bonchev–Trinajstić information content (AvgIpc) is 2.59. The van der Waals surface area contributed by atoms with Gasteiger partial charge in [-0.15, -0.1) is 11.8 Å². The van der Waals surface area contributed by atoms with E-state index in [1.807, 2.05) is 37.3 Å². The van der Waals surface area contributed by atoms with Gasteiger partial charge in [-0.05, 0) is 75.3 Å². The maximum Gasteiger partial charge on any atom is 0.319 e. The Bertz CT molecular complexity index is 640. The summed E-state index contributed by atoms with van der Waals surface area (Å²) >= 11 is 1.45. The van der Waals surface area contributed by atoms with Gasteiger partial charge >= 0.3 is 5.97 Å². The largest absolute Gasteiger partial charge is 0.455 e. The smallest absolute Gasteiger partial charge is 0.319 e. The summed E-state index contributed by atoms with van der Waals surface area (Å²) in [7, 11) is 0. The van der Waals surface area contributed by atoms with Gasteiger partial charge in [0.15, 0.2) is 6.61 Å². The van der Waals surface area contributed by atoms with Gasteiger partial charge in [0.25, 0.3) is 5.91 Å². The fourth-order valence-corrected chi connectivity index (χ4v) is 6.49. The molecule has 0 radical (unpaired) electrons. The summed E-state index contributed by atoms with van der Waals surface area (Å²) in [6.45, 7) is 1.65. The van der Waals surface area contributed by atoms with E-state index in [-0.39, 0.29) is 29.3 Å². The van der Waals surface area contributed by atoms with Gasteiger partial charge in [0, 0.05) is 10.4 Å². The van der Waals surface area contributed by atoms with Crippen molar-refractivity contribution in [2.24, 2.45) is 17.8 Å². The molecule has 0 heterocycles. The number of thioether (sulfide) groups is 1. The van der Waals surface area contributed by atoms with Crippen LogP contribution in [0.2, 0.25) is 0 Å². The minimum atomic E-state index is -0.334.